The Hall–Kier alpha value is -2.67. The summed E-state index contributed by atoms with van der Waals surface area (Å²) >= 11 is 1.58. The third-order valence-electron chi connectivity index (χ3n) is 3.09. The molecule has 2 N–H and O–H groups in total. The molecule has 0 spiro atoms. The molecule has 0 saturated heterocycles. The standard InChI is InChI=1S/C16H16N4O2S/c1-10-9-23-15(18-10)12-4-3-5-13(7-12)19-16(21)17-8-14-6-11(2)22-20-14/h3-7,9H,8H2,1-2H3,(H2,17,19,21). The van der Waals surface area contributed by atoms with Crippen LogP contribution in [0.25, 0.3) is 10.6 Å². The summed E-state index contributed by atoms with van der Waals surface area (Å²) in [6.07, 6.45) is 0. The van der Waals surface area contributed by atoms with Gasteiger partial charge in [-0.2, -0.15) is 0 Å². The van der Waals surface area contributed by atoms with Gasteiger partial charge in [0.25, 0.3) is 0 Å². The Balaban J connectivity index is 1.62. The Morgan fingerprint density at radius 2 is 2.17 bits per heavy atom. The second-order valence-electron chi connectivity index (χ2n) is 5.11. The van der Waals surface area contributed by atoms with Gasteiger partial charge in [-0.15, -0.1) is 11.3 Å². The predicted molar refractivity (Wildman–Crippen MR) is 89.4 cm³/mol. The van der Waals surface area contributed by atoms with E-state index < -0.39 is 0 Å². The largest absolute Gasteiger partial charge is 0.361 e. The van der Waals surface area contributed by atoms with E-state index >= 15 is 0 Å². The number of urea groups is 1. The highest BCUT2D eigenvalue weighted by molar-refractivity contribution is 7.13. The molecule has 23 heavy (non-hydrogen) atoms. The van der Waals surface area contributed by atoms with Gasteiger partial charge in [0.05, 0.1) is 6.54 Å². The van der Waals surface area contributed by atoms with E-state index in [4.69, 9.17) is 4.52 Å². The molecular weight excluding hydrogens is 312 g/mol. The fourth-order valence-electron chi connectivity index (χ4n) is 2.06. The zero-order valence-electron chi connectivity index (χ0n) is 12.8. The molecule has 0 atom stereocenters. The molecule has 2 amide bonds. The van der Waals surface area contributed by atoms with Crippen molar-refractivity contribution >= 4 is 23.1 Å². The van der Waals surface area contributed by atoms with E-state index in [-0.39, 0.29) is 6.03 Å². The highest BCUT2D eigenvalue weighted by Gasteiger charge is 2.07. The Bertz CT molecular complexity index is 825. The number of benzene rings is 1. The maximum absolute atomic E-state index is 12.0. The van der Waals surface area contributed by atoms with E-state index in [9.17, 15) is 4.79 Å². The van der Waals surface area contributed by atoms with Crippen LogP contribution in [0.3, 0.4) is 0 Å². The maximum atomic E-state index is 12.0. The lowest BCUT2D eigenvalue weighted by molar-refractivity contribution is 0.251. The lowest BCUT2D eigenvalue weighted by Gasteiger charge is -2.07. The number of thiazole rings is 1. The summed E-state index contributed by atoms with van der Waals surface area (Å²) in [7, 11) is 0. The van der Waals surface area contributed by atoms with Gasteiger partial charge < -0.3 is 15.2 Å². The van der Waals surface area contributed by atoms with Crippen LogP contribution in [0.4, 0.5) is 10.5 Å². The van der Waals surface area contributed by atoms with E-state index in [1.165, 1.54) is 0 Å². The molecule has 0 aliphatic carbocycles. The Morgan fingerprint density at radius 3 is 2.87 bits per heavy atom. The van der Waals surface area contributed by atoms with Crippen LogP contribution < -0.4 is 10.6 Å². The third-order valence-corrected chi connectivity index (χ3v) is 4.10. The van der Waals surface area contributed by atoms with Crippen LogP contribution in [0.15, 0.2) is 40.2 Å². The van der Waals surface area contributed by atoms with Crippen molar-refractivity contribution in [2.24, 2.45) is 0 Å². The minimum Gasteiger partial charge on any atom is -0.361 e. The second-order valence-corrected chi connectivity index (χ2v) is 5.97. The van der Waals surface area contributed by atoms with Gasteiger partial charge in [-0.1, -0.05) is 17.3 Å². The van der Waals surface area contributed by atoms with Crippen molar-refractivity contribution in [3.63, 3.8) is 0 Å². The second kappa shape index (κ2) is 6.62. The SMILES string of the molecule is Cc1csc(-c2cccc(NC(=O)NCc3cc(C)on3)c2)n1. The molecule has 3 aromatic rings. The number of anilines is 1. The van der Waals surface area contributed by atoms with Gasteiger partial charge in [-0.25, -0.2) is 9.78 Å². The molecule has 2 aromatic heterocycles. The number of nitrogens with one attached hydrogen (secondary N) is 2. The summed E-state index contributed by atoms with van der Waals surface area (Å²) in [5.74, 6) is 0.716. The van der Waals surface area contributed by atoms with E-state index in [1.54, 1.807) is 17.4 Å². The zero-order valence-corrected chi connectivity index (χ0v) is 13.6. The topological polar surface area (TPSA) is 80.0 Å². The lowest BCUT2D eigenvalue weighted by Crippen LogP contribution is -2.28. The lowest BCUT2D eigenvalue weighted by atomic mass is 10.2. The molecule has 0 fully saturated rings. The summed E-state index contributed by atoms with van der Waals surface area (Å²) in [6.45, 7) is 4.08. The van der Waals surface area contributed by atoms with E-state index in [0.717, 1.165) is 16.3 Å². The normalized spacial score (nSPS) is 10.5. The fourth-order valence-corrected chi connectivity index (χ4v) is 2.86. The van der Waals surface area contributed by atoms with Crippen molar-refractivity contribution in [2.45, 2.75) is 20.4 Å². The minimum atomic E-state index is -0.293. The first kappa shape index (κ1) is 15.2. The average Bonchev–Trinajstić information content (AvgIpc) is 3.14. The number of amides is 2. The van der Waals surface area contributed by atoms with Crippen molar-refractivity contribution in [3.8, 4) is 10.6 Å². The van der Waals surface area contributed by atoms with Crippen molar-refractivity contribution in [3.05, 3.63) is 52.9 Å². The third kappa shape index (κ3) is 3.95. The van der Waals surface area contributed by atoms with E-state index in [0.29, 0.717) is 23.7 Å². The molecular formula is C16H16N4O2S. The summed E-state index contributed by atoms with van der Waals surface area (Å²) in [5, 5.41) is 12.3. The van der Waals surface area contributed by atoms with Crippen molar-refractivity contribution < 1.29 is 9.32 Å². The number of carbonyl (C=O) groups is 1. The molecule has 0 radical (unpaired) electrons. The minimum absolute atomic E-state index is 0.293. The van der Waals surface area contributed by atoms with Gasteiger partial charge in [0, 0.05) is 28.4 Å². The van der Waals surface area contributed by atoms with Crippen LogP contribution in [0.1, 0.15) is 17.1 Å². The number of hydrogen-bond donors (Lipinski definition) is 2. The van der Waals surface area contributed by atoms with Crippen molar-refractivity contribution in [1.29, 1.82) is 0 Å². The van der Waals surface area contributed by atoms with Gasteiger partial charge in [0.2, 0.25) is 0 Å². The summed E-state index contributed by atoms with van der Waals surface area (Å²) in [6, 6.07) is 9.09. The molecule has 0 aliphatic rings. The van der Waals surface area contributed by atoms with Crippen LogP contribution in [0.2, 0.25) is 0 Å². The number of hydrogen-bond acceptors (Lipinski definition) is 5. The van der Waals surface area contributed by atoms with Gasteiger partial charge in [-0.3, -0.25) is 0 Å². The Morgan fingerprint density at radius 1 is 1.30 bits per heavy atom. The molecule has 3 rings (SSSR count). The van der Waals surface area contributed by atoms with Crippen LogP contribution in [-0.4, -0.2) is 16.2 Å². The monoisotopic (exact) mass is 328 g/mol. The number of nitrogens with zero attached hydrogens (tertiary/aromatic N) is 2. The summed E-state index contributed by atoms with van der Waals surface area (Å²) in [4.78, 5) is 16.4. The molecule has 7 heteroatoms. The molecule has 0 unspecified atom stereocenters. The molecule has 118 valence electrons. The first-order valence-electron chi connectivity index (χ1n) is 7.10. The molecule has 1 aromatic carbocycles. The number of rotatable bonds is 4. The number of aromatic nitrogens is 2. The van der Waals surface area contributed by atoms with Gasteiger partial charge in [0.1, 0.15) is 16.5 Å². The fraction of sp³-hybridized carbons (Fsp3) is 0.188. The summed E-state index contributed by atoms with van der Waals surface area (Å²) < 4.78 is 4.95. The van der Waals surface area contributed by atoms with Gasteiger partial charge in [0.15, 0.2) is 0 Å². The molecule has 6 nitrogen and oxygen atoms in total. The number of aryl methyl sites for hydroxylation is 2. The smallest absolute Gasteiger partial charge is 0.319 e. The predicted octanol–water partition coefficient (Wildman–Crippen LogP) is 3.74. The van der Waals surface area contributed by atoms with Crippen molar-refractivity contribution in [2.75, 3.05) is 5.32 Å². The highest BCUT2D eigenvalue weighted by atomic mass is 32.1. The van der Waals surface area contributed by atoms with Crippen LogP contribution in [0.5, 0.6) is 0 Å². The zero-order chi connectivity index (χ0) is 16.2. The summed E-state index contributed by atoms with van der Waals surface area (Å²) in [5.41, 5.74) is 3.37. The van der Waals surface area contributed by atoms with Crippen molar-refractivity contribution in [1.82, 2.24) is 15.5 Å². The average molecular weight is 328 g/mol. The van der Waals surface area contributed by atoms with E-state index in [2.05, 4.69) is 20.8 Å². The molecule has 0 saturated carbocycles. The first-order chi connectivity index (χ1) is 11.1. The Labute approximate surface area is 137 Å². The van der Waals surface area contributed by atoms with Gasteiger partial charge >= 0.3 is 6.03 Å². The quantitative estimate of drug-likeness (QED) is 0.764. The highest BCUT2D eigenvalue weighted by Crippen LogP contribution is 2.25. The Kier molecular flexibility index (Phi) is 4.38. The molecule has 2 heterocycles. The molecule has 0 aliphatic heterocycles. The van der Waals surface area contributed by atoms with Crippen LogP contribution >= 0.6 is 11.3 Å². The number of carbonyl (C=O) groups excluding carboxylic acids is 1. The van der Waals surface area contributed by atoms with Crippen LogP contribution in [0, 0.1) is 13.8 Å². The van der Waals surface area contributed by atoms with E-state index in [1.807, 2.05) is 43.5 Å². The molecule has 0 bridgehead atoms. The van der Waals surface area contributed by atoms with Crippen LogP contribution in [-0.2, 0) is 6.54 Å². The first-order valence-corrected chi connectivity index (χ1v) is 7.98. The van der Waals surface area contributed by atoms with Gasteiger partial charge in [-0.05, 0) is 26.0 Å². The maximum Gasteiger partial charge on any atom is 0.319 e.